The van der Waals surface area contributed by atoms with Gasteiger partial charge in [0.1, 0.15) is 10.7 Å². The van der Waals surface area contributed by atoms with Gasteiger partial charge < -0.3 is 10.2 Å². The highest BCUT2D eigenvalue weighted by atomic mass is 32.2. The average molecular weight is 492 g/mol. The van der Waals surface area contributed by atoms with Crippen molar-refractivity contribution in [3.05, 3.63) is 18.3 Å². The van der Waals surface area contributed by atoms with Crippen molar-refractivity contribution in [1.29, 1.82) is 0 Å². The summed E-state index contributed by atoms with van der Waals surface area (Å²) < 4.78 is 28.4. The molecule has 3 fully saturated rings. The van der Waals surface area contributed by atoms with Crippen LogP contribution in [0.1, 0.15) is 77.6 Å². The van der Waals surface area contributed by atoms with Crippen LogP contribution < -0.4 is 5.32 Å². The normalized spacial score (nSPS) is 23.9. The minimum Gasteiger partial charge on any atom is -0.366 e. The van der Waals surface area contributed by atoms with E-state index in [1.54, 1.807) is 16.6 Å². The average Bonchev–Trinajstić information content (AvgIpc) is 2.88. The molecule has 1 aromatic rings. The van der Waals surface area contributed by atoms with Crippen molar-refractivity contribution in [2.45, 2.75) is 94.5 Å². The van der Waals surface area contributed by atoms with Crippen LogP contribution in [0.3, 0.4) is 0 Å². The van der Waals surface area contributed by atoms with Gasteiger partial charge in [-0.25, -0.2) is 13.4 Å². The fourth-order valence-electron chi connectivity index (χ4n) is 5.92. The fourth-order valence-corrected chi connectivity index (χ4v) is 7.39. The Bertz CT molecular complexity index is 835. The summed E-state index contributed by atoms with van der Waals surface area (Å²) in [5.74, 6) is 0.782. The van der Waals surface area contributed by atoms with Crippen LogP contribution in [0.4, 0.5) is 5.82 Å². The molecule has 8 heteroatoms. The molecule has 4 rings (SSSR count). The minimum absolute atomic E-state index is 0.303. The highest BCUT2D eigenvalue weighted by molar-refractivity contribution is 7.89. The Morgan fingerprint density at radius 3 is 2.44 bits per heavy atom. The SMILES string of the molecule is CCCN(CCN1CCCCC1)S(=O)(=O)c1ccc(NC2CCCN(C3CCCCC3)C2)nc1. The lowest BCUT2D eigenvalue weighted by Gasteiger charge is -2.40. The lowest BCUT2D eigenvalue weighted by molar-refractivity contribution is 0.124. The number of aromatic nitrogens is 1. The number of piperidine rings is 2. The Balaban J connectivity index is 1.34. The van der Waals surface area contributed by atoms with E-state index in [1.165, 1.54) is 64.3 Å². The maximum Gasteiger partial charge on any atom is 0.244 e. The van der Waals surface area contributed by atoms with Gasteiger partial charge in [0.05, 0.1) is 0 Å². The summed E-state index contributed by atoms with van der Waals surface area (Å²) in [6.45, 7) is 8.39. The van der Waals surface area contributed by atoms with Crippen LogP contribution in [-0.2, 0) is 10.0 Å². The van der Waals surface area contributed by atoms with Gasteiger partial charge in [-0.15, -0.1) is 0 Å². The summed E-state index contributed by atoms with van der Waals surface area (Å²) in [5.41, 5.74) is 0. The van der Waals surface area contributed by atoms with Gasteiger partial charge in [-0.2, -0.15) is 4.31 Å². The van der Waals surface area contributed by atoms with Gasteiger partial charge in [0.2, 0.25) is 10.0 Å². The van der Waals surface area contributed by atoms with Crippen molar-refractivity contribution in [3.8, 4) is 0 Å². The maximum absolute atomic E-state index is 13.4. The molecular formula is C26H45N5O2S. The van der Waals surface area contributed by atoms with E-state index in [4.69, 9.17) is 0 Å². The van der Waals surface area contributed by atoms with Gasteiger partial charge in [0, 0.05) is 44.5 Å². The second-order valence-electron chi connectivity index (χ2n) is 10.5. The molecule has 1 atom stereocenters. The smallest absolute Gasteiger partial charge is 0.244 e. The third-order valence-corrected chi connectivity index (χ3v) is 9.74. The molecule has 2 aliphatic heterocycles. The van der Waals surface area contributed by atoms with E-state index in [1.807, 2.05) is 13.0 Å². The second-order valence-corrected chi connectivity index (χ2v) is 12.4. The number of hydrogen-bond donors (Lipinski definition) is 1. The van der Waals surface area contributed by atoms with Crippen molar-refractivity contribution in [2.24, 2.45) is 0 Å². The standard InChI is InChI=1S/C26H45N5O2S/c1-2-15-31(20-19-29-16-7-4-8-17-29)34(32,33)25-13-14-26(27-21-25)28-23-10-9-18-30(22-23)24-11-5-3-6-12-24/h13-14,21,23-24H,2-12,15-20,22H2,1H3,(H,27,28). The summed E-state index contributed by atoms with van der Waals surface area (Å²) in [7, 11) is -3.53. The molecule has 0 spiro atoms. The van der Waals surface area contributed by atoms with Gasteiger partial charge in [-0.1, -0.05) is 32.6 Å². The molecule has 0 bridgehead atoms. The molecule has 34 heavy (non-hydrogen) atoms. The molecule has 192 valence electrons. The molecule has 1 N–H and O–H groups in total. The van der Waals surface area contributed by atoms with Gasteiger partial charge >= 0.3 is 0 Å². The Labute approximate surface area is 207 Å². The van der Waals surface area contributed by atoms with Crippen molar-refractivity contribution in [3.63, 3.8) is 0 Å². The molecule has 0 radical (unpaired) electrons. The van der Waals surface area contributed by atoms with Crippen LogP contribution in [0.25, 0.3) is 0 Å². The molecule has 0 amide bonds. The number of pyridine rings is 1. The monoisotopic (exact) mass is 491 g/mol. The van der Waals surface area contributed by atoms with Crippen LogP contribution in [0.2, 0.25) is 0 Å². The first-order chi connectivity index (χ1) is 16.6. The highest BCUT2D eigenvalue weighted by Crippen LogP contribution is 2.26. The Hall–Kier alpha value is -1.22. The zero-order valence-electron chi connectivity index (χ0n) is 21.1. The highest BCUT2D eigenvalue weighted by Gasteiger charge is 2.28. The van der Waals surface area contributed by atoms with Gasteiger partial charge in [0.15, 0.2) is 0 Å². The summed E-state index contributed by atoms with van der Waals surface area (Å²) in [6.07, 6.45) is 15.2. The number of nitrogens with one attached hydrogen (secondary N) is 1. The van der Waals surface area contributed by atoms with Crippen LogP contribution in [0.5, 0.6) is 0 Å². The van der Waals surface area contributed by atoms with Crippen LogP contribution in [0.15, 0.2) is 23.2 Å². The van der Waals surface area contributed by atoms with E-state index in [-0.39, 0.29) is 0 Å². The quantitative estimate of drug-likeness (QED) is 0.530. The topological polar surface area (TPSA) is 68.8 Å². The molecule has 0 aromatic carbocycles. The third-order valence-electron chi connectivity index (χ3n) is 7.86. The number of anilines is 1. The number of nitrogens with zero attached hydrogens (tertiary/aromatic N) is 4. The summed E-state index contributed by atoms with van der Waals surface area (Å²) in [4.78, 5) is 9.89. The fraction of sp³-hybridized carbons (Fsp3) is 0.808. The molecule has 2 saturated heterocycles. The Morgan fingerprint density at radius 1 is 0.971 bits per heavy atom. The number of rotatable bonds is 10. The maximum atomic E-state index is 13.4. The van der Waals surface area contributed by atoms with Crippen LogP contribution in [0, 0.1) is 0 Å². The van der Waals surface area contributed by atoms with Crippen molar-refractivity contribution < 1.29 is 8.42 Å². The van der Waals surface area contributed by atoms with Crippen LogP contribution in [-0.4, -0.2) is 85.4 Å². The Kier molecular flexibility index (Phi) is 9.62. The van der Waals surface area contributed by atoms with Crippen LogP contribution >= 0.6 is 0 Å². The zero-order chi connectivity index (χ0) is 23.8. The molecule has 1 aliphatic carbocycles. The molecule has 1 saturated carbocycles. The predicted molar refractivity (Wildman–Crippen MR) is 139 cm³/mol. The van der Waals surface area contributed by atoms with E-state index in [0.717, 1.165) is 50.9 Å². The molecule has 3 heterocycles. The first kappa shape index (κ1) is 25.9. The van der Waals surface area contributed by atoms with E-state index in [0.29, 0.717) is 24.0 Å². The molecular weight excluding hydrogens is 446 g/mol. The second kappa shape index (κ2) is 12.7. The van der Waals surface area contributed by atoms with Gasteiger partial charge in [0.25, 0.3) is 0 Å². The van der Waals surface area contributed by atoms with E-state index in [9.17, 15) is 8.42 Å². The summed E-state index contributed by atoms with van der Waals surface area (Å²) >= 11 is 0. The van der Waals surface area contributed by atoms with E-state index < -0.39 is 10.0 Å². The lowest BCUT2D eigenvalue weighted by Crippen LogP contribution is -2.47. The zero-order valence-corrected chi connectivity index (χ0v) is 21.9. The van der Waals surface area contributed by atoms with Crippen molar-refractivity contribution in [2.75, 3.05) is 51.1 Å². The van der Waals surface area contributed by atoms with Crippen molar-refractivity contribution in [1.82, 2.24) is 19.1 Å². The largest absolute Gasteiger partial charge is 0.366 e. The first-order valence-corrected chi connectivity index (χ1v) is 15.2. The molecule has 1 unspecified atom stereocenters. The van der Waals surface area contributed by atoms with Gasteiger partial charge in [-0.3, -0.25) is 4.90 Å². The molecule has 3 aliphatic rings. The first-order valence-electron chi connectivity index (χ1n) is 13.8. The summed E-state index contributed by atoms with van der Waals surface area (Å²) in [5, 5.41) is 3.58. The number of likely N-dealkylation sites (tertiary alicyclic amines) is 2. The Morgan fingerprint density at radius 2 is 1.74 bits per heavy atom. The van der Waals surface area contributed by atoms with E-state index >= 15 is 0 Å². The lowest BCUT2D eigenvalue weighted by atomic mass is 9.92. The minimum atomic E-state index is -3.53. The summed E-state index contributed by atoms with van der Waals surface area (Å²) in [6, 6.07) is 4.71. The van der Waals surface area contributed by atoms with E-state index in [2.05, 4.69) is 20.1 Å². The number of hydrogen-bond acceptors (Lipinski definition) is 6. The predicted octanol–water partition coefficient (Wildman–Crippen LogP) is 4.18. The van der Waals surface area contributed by atoms with Crippen molar-refractivity contribution >= 4 is 15.8 Å². The molecule has 7 nitrogen and oxygen atoms in total. The molecule has 1 aromatic heterocycles. The van der Waals surface area contributed by atoms with Gasteiger partial charge in [-0.05, 0) is 76.7 Å². The number of sulfonamides is 1. The third kappa shape index (κ3) is 6.93.